The summed E-state index contributed by atoms with van der Waals surface area (Å²) in [6.45, 7) is 7.60. The number of aliphatic imine (C=N–C) groups is 2. The van der Waals surface area contributed by atoms with E-state index in [0.717, 1.165) is 61.0 Å². The number of carbonyl (C=O) groups is 2. The van der Waals surface area contributed by atoms with Gasteiger partial charge in [0.2, 0.25) is 0 Å². The molecule has 1 unspecified atom stereocenters. The first-order valence-corrected chi connectivity index (χ1v) is 19.2. The SMILES string of the molecule is CC1=NC(C)NC(c2ccc3c(c2)c2cc(-c4nc(C)nc(C)n4)ccc2n3-c2cccc3c2C(=O)N(c2cc(-c4ccccc4)cc(-c4ccccc4)c2)C3=O)=N1. The number of imide groups is 1. The van der Waals surface area contributed by atoms with Crippen LogP contribution in [-0.4, -0.2) is 49.2 Å². The van der Waals surface area contributed by atoms with Crippen molar-refractivity contribution in [3.63, 3.8) is 0 Å². The van der Waals surface area contributed by atoms with Gasteiger partial charge in [-0.1, -0.05) is 66.7 Å². The molecule has 2 aromatic heterocycles. The number of carbonyl (C=O) groups excluding carboxylic acids is 2. The fourth-order valence-electron chi connectivity index (χ4n) is 8.22. The van der Waals surface area contributed by atoms with Crippen molar-refractivity contribution < 1.29 is 9.59 Å². The average molecular weight is 757 g/mol. The third-order valence-electron chi connectivity index (χ3n) is 10.7. The molecule has 1 atom stereocenters. The van der Waals surface area contributed by atoms with Gasteiger partial charge in [0.25, 0.3) is 11.8 Å². The molecule has 4 heterocycles. The van der Waals surface area contributed by atoms with Crippen molar-refractivity contribution in [2.75, 3.05) is 4.90 Å². The summed E-state index contributed by atoms with van der Waals surface area (Å²) in [6, 6.07) is 43.7. The normalized spacial score (nSPS) is 15.1. The minimum Gasteiger partial charge on any atom is -0.348 e. The maximum atomic E-state index is 15.0. The minimum atomic E-state index is -0.385. The first-order valence-electron chi connectivity index (χ1n) is 19.2. The van der Waals surface area contributed by atoms with E-state index >= 15 is 0 Å². The molecule has 2 aliphatic rings. The van der Waals surface area contributed by atoms with Crippen LogP contribution in [0.15, 0.2) is 143 Å². The van der Waals surface area contributed by atoms with Gasteiger partial charge < -0.3 is 9.88 Å². The monoisotopic (exact) mass is 756 g/mol. The van der Waals surface area contributed by atoms with Crippen LogP contribution in [0, 0.1) is 13.8 Å². The van der Waals surface area contributed by atoms with E-state index < -0.39 is 0 Å². The van der Waals surface area contributed by atoms with Crippen LogP contribution in [0.5, 0.6) is 0 Å². The fraction of sp³-hybridized carbons (Fsp3) is 0.104. The summed E-state index contributed by atoms with van der Waals surface area (Å²) in [6.07, 6.45) is -0.123. The van der Waals surface area contributed by atoms with Crippen molar-refractivity contribution in [3.05, 3.63) is 162 Å². The Morgan fingerprint density at radius 3 is 1.79 bits per heavy atom. The molecule has 8 aromatic rings. The second-order valence-corrected chi connectivity index (χ2v) is 14.7. The predicted octanol–water partition coefficient (Wildman–Crippen LogP) is 9.50. The highest BCUT2D eigenvalue weighted by atomic mass is 16.2. The molecule has 0 radical (unpaired) electrons. The molecule has 2 aliphatic heterocycles. The summed E-state index contributed by atoms with van der Waals surface area (Å²) in [7, 11) is 0. The summed E-state index contributed by atoms with van der Waals surface area (Å²) in [5.74, 6) is 2.52. The lowest BCUT2D eigenvalue weighted by atomic mass is 9.97. The maximum absolute atomic E-state index is 15.0. The Morgan fingerprint density at radius 2 is 1.17 bits per heavy atom. The number of nitrogens with one attached hydrogen (secondary N) is 1. The number of nitrogens with zero attached hydrogens (tertiary/aromatic N) is 7. The zero-order valence-electron chi connectivity index (χ0n) is 32.2. The van der Waals surface area contributed by atoms with Crippen molar-refractivity contribution >= 4 is 51.0 Å². The van der Waals surface area contributed by atoms with Crippen LogP contribution in [-0.2, 0) is 0 Å². The molecule has 0 fully saturated rings. The Morgan fingerprint density at radius 1 is 0.569 bits per heavy atom. The molecule has 0 saturated heterocycles. The van der Waals surface area contributed by atoms with Gasteiger partial charge in [0.15, 0.2) is 5.82 Å². The molecular formula is C48H36N8O2. The third-order valence-corrected chi connectivity index (χ3v) is 10.7. The number of fused-ring (bicyclic) bond motifs is 4. The van der Waals surface area contributed by atoms with Gasteiger partial charge in [0.1, 0.15) is 29.5 Å². The molecule has 2 amide bonds. The van der Waals surface area contributed by atoms with Crippen LogP contribution in [0.2, 0.25) is 0 Å². The zero-order chi connectivity index (χ0) is 39.7. The molecule has 10 nitrogen and oxygen atoms in total. The Hall–Kier alpha value is -7.59. The Bertz CT molecular complexity index is 3000. The number of amidine groups is 2. The summed E-state index contributed by atoms with van der Waals surface area (Å²) in [5.41, 5.74) is 9.01. The largest absolute Gasteiger partial charge is 0.348 e. The van der Waals surface area contributed by atoms with Crippen molar-refractivity contribution in [3.8, 4) is 39.3 Å². The van der Waals surface area contributed by atoms with E-state index in [4.69, 9.17) is 4.99 Å². The van der Waals surface area contributed by atoms with E-state index in [1.165, 1.54) is 4.90 Å². The van der Waals surface area contributed by atoms with Crippen LogP contribution in [0.25, 0.3) is 61.1 Å². The van der Waals surface area contributed by atoms with Crippen molar-refractivity contribution in [1.82, 2.24) is 24.8 Å². The molecule has 1 N–H and O–H groups in total. The summed E-state index contributed by atoms with van der Waals surface area (Å²) in [5, 5.41) is 5.26. The smallest absolute Gasteiger partial charge is 0.268 e. The topological polar surface area (TPSA) is 118 Å². The highest BCUT2D eigenvalue weighted by Crippen LogP contribution is 2.41. The minimum absolute atomic E-state index is 0.123. The molecule has 10 heteroatoms. The molecule has 280 valence electrons. The second-order valence-electron chi connectivity index (χ2n) is 14.7. The van der Waals surface area contributed by atoms with Crippen molar-refractivity contribution in [1.29, 1.82) is 0 Å². The lowest BCUT2D eigenvalue weighted by Crippen LogP contribution is -2.36. The van der Waals surface area contributed by atoms with E-state index in [0.29, 0.717) is 45.8 Å². The van der Waals surface area contributed by atoms with Gasteiger partial charge in [-0.2, -0.15) is 0 Å². The number of aryl methyl sites for hydroxylation is 2. The summed E-state index contributed by atoms with van der Waals surface area (Å²) in [4.78, 5) is 53.7. The van der Waals surface area contributed by atoms with E-state index in [1.54, 1.807) is 6.07 Å². The van der Waals surface area contributed by atoms with Crippen LogP contribution in [0.4, 0.5) is 5.69 Å². The van der Waals surface area contributed by atoms with Gasteiger partial charge in [0.05, 0.1) is 33.5 Å². The van der Waals surface area contributed by atoms with Gasteiger partial charge >= 0.3 is 0 Å². The number of hydrogen-bond acceptors (Lipinski definition) is 8. The maximum Gasteiger partial charge on any atom is 0.268 e. The molecular weight excluding hydrogens is 721 g/mol. The van der Waals surface area contributed by atoms with Gasteiger partial charge in [-0.3, -0.25) is 9.59 Å². The number of hydrogen-bond donors (Lipinski definition) is 1. The fourth-order valence-corrected chi connectivity index (χ4v) is 8.22. The molecule has 0 bridgehead atoms. The lowest BCUT2D eigenvalue weighted by molar-refractivity contribution is 0.0926. The number of benzene rings is 6. The van der Waals surface area contributed by atoms with Crippen LogP contribution in [0.3, 0.4) is 0 Å². The highest BCUT2D eigenvalue weighted by Gasteiger charge is 2.40. The van der Waals surface area contributed by atoms with Crippen molar-refractivity contribution in [2.45, 2.75) is 33.9 Å². The molecule has 0 aliphatic carbocycles. The second kappa shape index (κ2) is 13.6. The number of amides is 2. The van der Waals surface area contributed by atoms with Gasteiger partial charge in [0, 0.05) is 21.9 Å². The van der Waals surface area contributed by atoms with Crippen LogP contribution < -0.4 is 10.2 Å². The Balaban J connectivity index is 1.16. The molecule has 0 saturated carbocycles. The van der Waals surface area contributed by atoms with Gasteiger partial charge in [-0.25, -0.2) is 29.8 Å². The molecule has 10 rings (SSSR count). The van der Waals surface area contributed by atoms with Gasteiger partial charge in [-0.05, 0) is 117 Å². The number of rotatable bonds is 6. The quantitative estimate of drug-likeness (QED) is 0.169. The number of aromatic nitrogens is 4. The average Bonchev–Trinajstić information content (AvgIpc) is 3.70. The first kappa shape index (κ1) is 34.9. The predicted molar refractivity (Wildman–Crippen MR) is 230 cm³/mol. The van der Waals surface area contributed by atoms with E-state index in [9.17, 15) is 9.59 Å². The Kier molecular flexibility index (Phi) is 8.15. The van der Waals surface area contributed by atoms with E-state index in [-0.39, 0.29) is 18.0 Å². The molecule has 0 spiro atoms. The first-order chi connectivity index (χ1) is 28.2. The third kappa shape index (κ3) is 5.85. The number of anilines is 1. The van der Waals surface area contributed by atoms with Crippen LogP contribution >= 0.6 is 0 Å². The summed E-state index contributed by atoms with van der Waals surface area (Å²) >= 11 is 0. The molecule has 58 heavy (non-hydrogen) atoms. The highest BCUT2D eigenvalue weighted by molar-refractivity contribution is 6.36. The standard InChI is InChI=1S/C48H36N8O2/c1-27-49-28(2)52-45(51-27)33-18-20-41-39(25-33)40-26-34(46-53-29(3)50-30(4)54-46)19-21-42(40)56(41)43-17-11-16-38-44(43)48(58)55(47(38)57)37-23-35(31-12-7-5-8-13-31)22-36(24-37)32-14-9-6-10-15-32/h5-27H,1-4H3,(H,49,51,52). The summed E-state index contributed by atoms with van der Waals surface area (Å²) < 4.78 is 2.08. The van der Waals surface area contributed by atoms with E-state index in [1.807, 2.05) is 137 Å². The van der Waals surface area contributed by atoms with E-state index in [2.05, 4.69) is 48.0 Å². The zero-order valence-corrected chi connectivity index (χ0v) is 32.2. The van der Waals surface area contributed by atoms with Crippen LogP contribution in [0.1, 0.15) is 51.8 Å². The lowest BCUT2D eigenvalue weighted by Gasteiger charge is -2.19. The Labute approximate surface area is 334 Å². The van der Waals surface area contributed by atoms with Gasteiger partial charge in [-0.15, -0.1) is 0 Å². The molecule has 6 aromatic carbocycles. The van der Waals surface area contributed by atoms with Crippen molar-refractivity contribution in [2.24, 2.45) is 9.98 Å².